The van der Waals surface area contributed by atoms with E-state index in [4.69, 9.17) is 4.98 Å². The fourth-order valence-corrected chi connectivity index (χ4v) is 4.55. The SMILES string of the molecule is CC(=O)Nc1ccc(-c2csc3nc(-c4ccccc4)c(-c4ccccc4)n23)cc1. The van der Waals surface area contributed by atoms with Crippen LogP contribution in [0.3, 0.4) is 0 Å². The summed E-state index contributed by atoms with van der Waals surface area (Å²) in [6, 6.07) is 28.6. The van der Waals surface area contributed by atoms with Gasteiger partial charge < -0.3 is 5.32 Å². The molecule has 1 amide bonds. The summed E-state index contributed by atoms with van der Waals surface area (Å²) in [5.41, 5.74) is 7.22. The molecule has 5 rings (SSSR count). The van der Waals surface area contributed by atoms with E-state index in [1.807, 2.05) is 48.5 Å². The number of hydrogen-bond donors (Lipinski definition) is 1. The molecule has 0 radical (unpaired) electrons. The van der Waals surface area contributed by atoms with Crippen LogP contribution >= 0.6 is 11.3 Å². The largest absolute Gasteiger partial charge is 0.326 e. The van der Waals surface area contributed by atoms with Gasteiger partial charge in [-0.25, -0.2) is 4.98 Å². The quantitative estimate of drug-likeness (QED) is 0.376. The standard InChI is InChI=1S/C25H19N3OS/c1-17(29)26-21-14-12-18(13-15-21)22-16-30-25-27-23(19-8-4-2-5-9-19)24(28(22)25)20-10-6-3-7-11-20/h2-16H,1H3,(H,26,29). The zero-order chi connectivity index (χ0) is 20.5. The second-order valence-electron chi connectivity index (χ2n) is 7.04. The summed E-state index contributed by atoms with van der Waals surface area (Å²) in [4.78, 5) is 17.3. The van der Waals surface area contributed by atoms with Crippen LogP contribution in [0.25, 0.3) is 38.7 Å². The number of nitrogens with zero attached hydrogens (tertiary/aromatic N) is 2. The Morgan fingerprint density at radius 2 is 1.47 bits per heavy atom. The van der Waals surface area contributed by atoms with Crippen LogP contribution < -0.4 is 5.32 Å². The fraction of sp³-hybridized carbons (Fsp3) is 0.0400. The second-order valence-corrected chi connectivity index (χ2v) is 7.88. The average molecular weight is 410 g/mol. The van der Waals surface area contributed by atoms with Gasteiger partial charge in [0.15, 0.2) is 4.96 Å². The van der Waals surface area contributed by atoms with E-state index in [1.165, 1.54) is 6.92 Å². The van der Waals surface area contributed by atoms with Gasteiger partial charge in [-0.05, 0) is 17.7 Å². The summed E-state index contributed by atoms with van der Waals surface area (Å²) in [6.07, 6.45) is 0. The van der Waals surface area contributed by atoms with Gasteiger partial charge in [-0.3, -0.25) is 9.20 Å². The first kappa shape index (κ1) is 18.3. The van der Waals surface area contributed by atoms with Crippen LogP contribution in [0.5, 0.6) is 0 Å². The maximum atomic E-state index is 11.3. The van der Waals surface area contributed by atoms with Crippen molar-refractivity contribution in [2.24, 2.45) is 0 Å². The van der Waals surface area contributed by atoms with Gasteiger partial charge in [0.2, 0.25) is 5.91 Å². The summed E-state index contributed by atoms with van der Waals surface area (Å²) in [7, 11) is 0. The van der Waals surface area contributed by atoms with Gasteiger partial charge in [0.1, 0.15) is 0 Å². The van der Waals surface area contributed by atoms with Gasteiger partial charge in [0, 0.05) is 29.1 Å². The first-order valence-electron chi connectivity index (χ1n) is 9.69. The third-order valence-corrected chi connectivity index (χ3v) is 5.78. The minimum atomic E-state index is -0.0749. The minimum absolute atomic E-state index is 0.0749. The molecule has 0 saturated heterocycles. The zero-order valence-electron chi connectivity index (χ0n) is 16.4. The number of amides is 1. The predicted molar refractivity (Wildman–Crippen MR) is 124 cm³/mol. The van der Waals surface area contributed by atoms with E-state index in [9.17, 15) is 4.79 Å². The average Bonchev–Trinajstić information content (AvgIpc) is 3.35. The zero-order valence-corrected chi connectivity index (χ0v) is 17.2. The van der Waals surface area contributed by atoms with Crippen molar-refractivity contribution in [3.63, 3.8) is 0 Å². The molecule has 0 atom stereocenters. The molecule has 30 heavy (non-hydrogen) atoms. The van der Waals surface area contributed by atoms with Gasteiger partial charge in [0.05, 0.1) is 17.1 Å². The van der Waals surface area contributed by atoms with Gasteiger partial charge in [-0.15, -0.1) is 11.3 Å². The van der Waals surface area contributed by atoms with Crippen molar-refractivity contribution < 1.29 is 4.79 Å². The van der Waals surface area contributed by atoms with Crippen molar-refractivity contribution in [3.05, 3.63) is 90.3 Å². The van der Waals surface area contributed by atoms with E-state index in [1.54, 1.807) is 11.3 Å². The Kier molecular flexibility index (Phi) is 4.65. The van der Waals surface area contributed by atoms with Crippen LogP contribution in [0.1, 0.15) is 6.92 Å². The Hall–Kier alpha value is -3.70. The number of aromatic nitrogens is 2. The summed E-state index contributed by atoms with van der Waals surface area (Å²) >= 11 is 1.63. The van der Waals surface area contributed by atoms with E-state index in [2.05, 4.69) is 51.5 Å². The number of carbonyl (C=O) groups is 1. The number of imidazole rings is 1. The molecule has 146 valence electrons. The summed E-state index contributed by atoms with van der Waals surface area (Å²) in [5, 5.41) is 4.96. The molecule has 3 aromatic carbocycles. The number of hydrogen-bond acceptors (Lipinski definition) is 3. The number of nitrogens with one attached hydrogen (secondary N) is 1. The molecule has 0 bridgehead atoms. The number of benzene rings is 3. The van der Waals surface area contributed by atoms with Crippen LogP contribution in [-0.2, 0) is 4.79 Å². The summed E-state index contributed by atoms with van der Waals surface area (Å²) < 4.78 is 2.23. The lowest BCUT2D eigenvalue weighted by atomic mass is 10.0. The van der Waals surface area contributed by atoms with Gasteiger partial charge in [-0.1, -0.05) is 72.8 Å². The van der Waals surface area contributed by atoms with Crippen LogP contribution in [0.15, 0.2) is 90.3 Å². The normalized spacial score (nSPS) is 11.0. The number of rotatable bonds is 4. The molecule has 1 N–H and O–H groups in total. The van der Waals surface area contributed by atoms with E-state index < -0.39 is 0 Å². The topological polar surface area (TPSA) is 46.4 Å². The molecule has 5 aromatic rings. The predicted octanol–water partition coefficient (Wildman–Crippen LogP) is 6.36. The van der Waals surface area contributed by atoms with Crippen LogP contribution in [0.4, 0.5) is 5.69 Å². The van der Waals surface area contributed by atoms with Crippen molar-refractivity contribution in [1.82, 2.24) is 9.38 Å². The van der Waals surface area contributed by atoms with Gasteiger partial charge in [-0.2, -0.15) is 0 Å². The second kappa shape index (κ2) is 7.61. The van der Waals surface area contributed by atoms with Crippen LogP contribution in [0.2, 0.25) is 0 Å². The molecule has 2 aromatic heterocycles. The molecule has 0 spiro atoms. The molecular formula is C25H19N3OS. The minimum Gasteiger partial charge on any atom is -0.326 e. The number of carbonyl (C=O) groups excluding carboxylic acids is 1. The van der Waals surface area contributed by atoms with E-state index >= 15 is 0 Å². The molecule has 0 aliphatic heterocycles. The lowest BCUT2D eigenvalue weighted by molar-refractivity contribution is -0.114. The van der Waals surface area contributed by atoms with Crippen LogP contribution in [-0.4, -0.2) is 15.3 Å². The molecule has 4 nitrogen and oxygen atoms in total. The van der Waals surface area contributed by atoms with Crippen molar-refractivity contribution in [1.29, 1.82) is 0 Å². The third kappa shape index (κ3) is 3.29. The van der Waals surface area contributed by atoms with E-state index in [0.29, 0.717) is 0 Å². The summed E-state index contributed by atoms with van der Waals surface area (Å²) in [6.45, 7) is 1.51. The lowest BCUT2D eigenvalue weighted by Crippen LogP contribution is -2.05. The van der Waals surface area contributed by atoms with Crippen molar-refractivity contribution in [3.8, 4) is 33.8 Å². The molecular weight excluding hydrogens is 390 g/mol. The Balaban J connectivity index is 1.72. The number of anilines is 1. The summed E-state index contributed by atoms with van der Waals surface area (Å²) in [5.74, 6) is -0.0749. The molecule has 0 aliphatic rings. The van der Waals surface area contributed by atoms with Crippen molar-refractivity contribution in [2.45, 2.75) is 6.92 Å². The first-order chi connectivity index (χ1) is 14.7. The highest BCUT2D eigenvalue weighted by molar-refractivity contribution is 7.15. The smallest absolute Gasteiger partial charge is 0.221 e. The van der Waals surface area contributed by atoms with Crippen molar-refractivity contribution in [2.75, 3.05) is 5.32 Å². The van der Waals surface area contributed by atoms with Crippen LogP contribution in [0, 0.1) is 0 Å². The third-order valence-electron chi connectivity index (χ3n) is 4.96. The molecule has 0 aliphatic carbocycles. The number of fused-ring (bicyclic) bond motifs is 1. The maximum absolute atomic E-state index is 11.3. The highest BCUT2D eigenvalue weighted by Gasteiger charge is 2.20. The first-order valence-corrected chi connectivity index (χ1v) is 10.6. The highest BCUT2D eigenvalue weighted by Crippen LogP contribution is 2.38. The Morgan fingerprint density at radius 1 is 0.833 bits per heavy atom. The maximum Gasteiger partial charge on any atom is 0.221 e. The van der Waals surface area contributed by atoms with E-state index in [-0.39, 0.29) is 5.91 Å². The van der Waals surface area contributed by atoms with Crippen molar-refractivity contribution >= 4 is 27.9 Å². The van der Waals surface area contributed by atoms with E-state index in [0.717, 1.165) is 44.4 Å². The Labute approximate surface area is 178 Å². The monoisotopic (exact) mass is 409 g/mol. The molecule has 0 saturated carbocycles. The Morgan fingerprint density at radius 3 is 2.10 bits per heavy atom. The molecule has 0 fully saturated rings. The molecule has 2 heterocycles. The molecule has 0 unspecified atom stereocenters. The lowest BCUT2D eigenvalue weighted by Gasteiger charge is -2.09. The van der Waals surface area contributed by atoms with Gasteiger partial charge in [0.25, 0.3) is 0 Å². The Bertz CT molecular complexity index is 1320. The molecule has 5 heteroatoms. The van der Waals surface area contributed by atoms with Gasteiger partial charge >= 0.3 is 0 Å². The highest BCUT2D eigenvalue weighted by atomic mass is 32.1. The fourth-order valence-electron chi connectivity index (χ4n) is 3.65. The number of thiazole rings is 1.